The number of hydrogen-bond acceptors (Lipinski definition) is 5. The lowest BCUT2D eigenvalue weighted by Crippen LogP contribution is -2.02. The predicted octanol–water partition coefficient (Wildman–Crippen LogP) is 1.48. The highest BCUT2D eigenvalue weighted by atomic mass is 32.1. The van der Waals surface area contributed by atoms with E-state index in [0.717, 1.165) is 16.9 Å². The van der Waals surface area contributed by atoms with Gasteiger partial charge < -0.3 is 10.3 Å². The van der Waals surface area contributed by atoms with E-state index in [1.54, 1.807) is 28.4 Å². The van der Waals surface area contributed by atoms with Gasteiger partial charge in [0.1, 0.15) is 0 Å². The summed E-state index contributed by atoms with van der Waals surface area (Å²) in [4.78, 5) is 13.9. The van der Waals surface area contributed by atoms with Gasteiger partial charge in [0.05, 0.1) is 11.5 Å². The second kappa shape index (κ2) is 3.70. The van der Waals surface area contributed by atoms with Crippen LogP contribution in [0.4, 0.5) is 10.9 Å². The number of aromatic nitrogens is 2. The SMILES string of the molecule is Nc1nccn1Cc1csc([N+](=O)[O-])c1. The van der Waals surface area contributed by atoms with Crippen molar-refractivity contribution in [2.45, 2.75) is 6.54 Å². The Morgan fingerprint density at radius 2 is 2.47 bits per heavy atom. The fourth-order valence-corrected chi connectivity index (χ4v) is 1.93. The summed E-state index contributed by atoms with van der Waals surface area (Å²) in [5, 5.41) is 12.3. The summed E-state index contributed by atoms with van der Waals surface area (Å²) in [5.41, 5.74) is 6.43. The van der Waals surface area contributed by atoms with Crippen LogP contribution >= 0.6 is 11.3 Å². The summed E-state index contributed by atoms with van der Waals surface area (Å²) in [6.07, 6.45) is 3.33. The molecule has 0 fully saturated rings. The molecular weight excluding hydrogens is 216 g/mol. The Balaban J connectivity index is 2.18. The van der Waals surface area contributed by atoms with Crippen LogP contribution in [0.2, 0.25) is 0 Å². The molecule has 0 aliphatic heterocycles. The lowest BCUT2D eigenvalue weighted by Gasteiger charge is -2.00. The number of anilines is 1. The Bertz CT molecular complexity index is 490. The van der Waals surface area contributed by atoms with Gasteiger partial charge in [0.15, 0.2) is 5.95 Å². The normalized spacial score (nSPS) is 10.4. The topological polar surface area (TPSA) is 87.0 Å². The highest BCUT2D eigenvalue weighted by Gasteiger charge is 2.10. The molecule has 78 valence electrons. The molecule has 0 atom stereocenters. The molecule has 0 saturated heterocycles. The molecule has 0 radical (unpaired) electrons. The Labute approximate surface area is 89.1 Å². The second-order valence-corrected chi connectivity index (χ2v) is 3.85. The first kappa shape index (κ1) is 9.66. The molecular formula is C8H8N4O2S. The van der Waals surface area contributed by atoms with Gasteiger partial charge in [-0.1, -0.05) is 11.3 Å². The number of nitrogens with two attached hydrogens (primary N) is 1. The van der Waals surface area contributed by atoms with Crippen molar-refractivity contribution in [1.82, 2.24) is 9.55 Å². The second-order valence-electron chi connectivity index (χ2n) is 2.96. The van der Waals surface area contributed by atoms with Crippen LogP contribution in [0.3, 0.4) is 0 Å². The van der Waals surface area contributed by atoms with Gasteiger partial charge in [-0.2, -0.15) is 0 Å². The molecule has 0 spiro atoms. The van der Waals surface area contributed by atoms with Crippen LogP contribution in [0.5, 0.6) is 0 Å². The predicted molar refractivity (Wildman–Crippen MR) is 56.7 cm³/mol. The van der Waals surface area contributed by atoms with Crippen LogP contribution in [0.25, 0.3) is 0 Å². The fraction of sp³-hybridized carbons (Fsp3) is 0.125. The van der Waals surface area contributed by atoms with Gasteiger partial charge in [-0.25, -0.2) is 4.98 Å². The van der Waals surface area contributed by atoms with Crippen molar-refractivity contribution in [2.75, 3.05) is 5.73 Å². The summed E-state index contributed by atoms with van der Waals surface area (Å²) in [5.74, 6) is 0.406. The lowest BCUT2D eigenvalue weighted by atomic mass is 10.3. The smallest absolute Gasteiger partial charge is 0.324 e. The quantitative estimate of drug-likeness (QED) is 0.632. The average Bonchev–Trinajstić information content (AvgIpc) is 2.77. The maximum absolute atomic E-state index is 10.5. The molecule has 7 heteroatoms. The first-order valence-electron chi connectivity index (χ1n) is 4.15. The molecule has 2 aromatic rings. The Kier molecular flexibility index (Phi) is 2.38. The zero-order valence-corrected chi connectivity index (χ0v) is 8.48. The first-order chi connectivity index (χ1) is 7.16. The van der Waals surface area contributed by atoms with Gasteiger partial charge in [-0.15, -0.1) is 0 Å². The van der Waals surface area contributed by atoms with Crippen LogP contribution in [-0.4, -0.2) is 14.5 Å². The number of hydrogen-bond donors (Lipinski definition) is 1. The molecule has 0 aromatic carbocycles. The van der Waals surface area contributed by atoms with Crippen molar-refractivity contribution < 1.29 is 4.92 Å². The van der Waals surface area contributed by atoms with Crippen molar-refractivity contribution in [3.63, 3.8) is 0 Å². The number of nitrogens with zero attached hydrogens (tertiary/aromatic N) is 3. The van der Waals surface area contributed by atoms with Crippen molar-refractivity contribution in [2.24, 2.45) is 0 Å². The molecule has 0 aliphatic carbocycles. The van der Waals surface area contributed by atoms with Gasteiger partial charge in [0, 0.05) is 23.8 Å². The van der Waals surface area contributed by atoms with Gasteiger partial charge in [0.2, 0.25) is 0 Å². The van der Waals surface area contributed by atoms with E-state index in [9.17, 15) is 10.1 Å². The van der Waals surface area contributed by atoms with Gasteiger partial charge in [0.25, 0.3) is 0 Å². The first-order valence-corrected chi connectivity index (χ1v) is 5.03. The molecule has 6 nitrogen and oxygen atoms in total. The summed E-state index contributed by atoms with van der Waals surface area (Å²) in [6, 6.07) is 1.55. The van der Waals surface area contributed by atoms with Crippen molar-refractivity contribution >= 4 is 22.3 Å². The van der Waals surface area contributed by atoms with Crippen molar-refractivity contribution in [3.05, 3.63) is 39.5 Å². The lowest BCUT2D eigenvalue weighted by molar-refractivity contribution is -0.380. The number of thiophene rings is 1. The molecule has 2 aromatic heterocycles. The van der Waals surface area contributed by atoms with Gasteiger partial charge in [-0.3, -0.25) is 10.1 Å². The number of nitro groups is 1. The van der Waals surface area contributed by atoms with E-state index in [0.29, 0.717) is 12.5 Å². The van der Waals surface area contributed by atoms with Crippen molar-refractivity contribution in [1.29, 1.82) is 0 Å². The molecule has 15 heavy (non-hydrogen) atoms. The van der Waals surface area contributed by atoms with E-state index in [1.165, 1.54) is 0 Å². The molecule has 0 aliphatic rings. The van der Waals surface area contributed by atoms with E-state index in [1.807, 2.05) is 0 Å². The maximum Gasteiger partial charge on any atom is 0.324 e. The highest BCUT2D eigenvalue weighted by molar-refractivity contribution is 7.13. The van der Waals surface area contributed by atoms with Crippen LogP contribution in [-0.2, 0) is 6.54 Å². The van der Waals surface area contributed by atoms with Crippen molar-refractivity contribution in [3.8, 4) is 0 Å². The van der Waals surface area contributed by atoms with Gasteiger partial charge >= 0.3 is 5.00 Å². The summed E-state index contributed by atoms with van der Waals surface area (Å²) in [7, 11) is 0. The van der Waals surface area contributed by atoms with Crippen LogP contribution in [0.15, 0.2) is 23.8 Å². The minimum absolute atomic E-state index is 0.142. The minimum Gasteiger partial charge on any atom is -0.369 e. The van der Waals surface area contributed by atoms with E-state index in [2.05, 4.69) is 4.98 Å². The fourth-order valence-electron chi connectivity index (χ4n) is 1.21. The zero-order chi connectivity index (χ0) is 10.8. The largest absolute Gasteiger partial charge is 0.369 e. The number of imidazole rings is 1. The Hall–Kier alpha value is -1.89. The molecule has 0 bridgehead atoms. The van der Waals surface area contributed by atoms with Crippen LogP contribution in [0, 0.1) is 10.1 Å². The van der Waals surface area contributed by atoms with E-state index >= 15 is 0 Å². The Morgan fingerprint density at radius 3 is 3.00 bits per heavy atom. The third-order valence-corrected chi connectivity index (χ3v) is 2.85. The summed E-state index contributed by atoms with van der Waals surface area (Å²) in [6.45, 7) is 0.510. The molecule has 0 unspecified atom stereocenters. The molecule has 2 heterocycles. The van der Waals surface area contributed by atoms with E-state index in [4.69, 9.17) is 5.73 Å². The minimum atomic E-state index is -0.397. The van der Waals surface area contributed by atoms with Crippen LogP contribution in [0.1, 0.15) is 5.56 Å². The molecule has 0 amide bonds. The molecule has 2 N–H and O–H groups in total. The third kappa shape index (κ3) is 1.96. The zero-order valence-electron chi connectivity index (χ0n) is 7.66. The molecule has 2 rings (SSSR count). The highest BCUT2D eigenvalue weighted by Crippen LogP contribution is 2.23. The van der Waals surface area contributed by atoms with Crippen LogP contribution < -0.4 is 5.73 Å². The van der Waals surface area contributed by atoms with E-state index < -0.39 is 4.92 Å². The monoisotopic (exact) mass is 224 g/mol. The summed E-state index contributed by atoms with van der Waals surface area (Å²) < 4.78 is 1.73. The number of nitrogen functional groups attached to an aromatic ring is 1. The van der Waals surface area contributed by atoms with E-state index in [-0.39, 0.29) is 5.00 Å². The van der Waals surface area contributed by atoms with Gasteiger partial charge in [-0.05, 0) is 5.56 Å². The average molecular weight is 224 g/mol. The standard InChI is InChI=1S/C8H8N4O2S/c9-8-10-1-2-11(8)4-6-3-7(12(13)14)15-5-6/h1-3,5H,4H2,(H2,9,10). The summed E-state index contributed by atoms with van der Waals surface area (Å²) >= 11 is 1.11. The molecule has 0 saturated carbocycles. The Morgan fingerprint density at radius 1 is 1.67 bits per heavy atom. The maximum atomic E-state index is 10.5. The number of rotatable bonds is 3. The third-order valence-electron chi connectivity index (χ3n) is 1.92.